The third-order valence-corrected chi connectivity index (χ3v) is 6.70. The number of carbonyl (C=O) groups excluding carboxylic acids is 3. The van der Waals surface area contributed by atoms with E-state index in [2.05, 4.69) is 12.2 Å². The average molecular weight is 380 g/mol. The zero-order valence-corrected chi connectivity index (χ0v) is 15.7. The summed E-state index contributed by atoms with van der Waals surface area (Å²) < 4.78 is 5.36. The van der Waals surface area contributed by atoms with Gasteiger partial charge >= 0.3 is 0 Å². The molecule has 0 N–H and O–H groups in total. The Kier molecular flexibility index (Phi) is 4.31. The molecule has 0 aromatic heterocycles. The van der Waals surface area contributed by atoms with Crippen molar-refractivity contribution < 1.29 is 19.1 Å². The van der Waals surface area contributed by atoms with Gasteiger partial charge in [0.05, 0.1) is 25.0 Å². The number of amides is 3. The second kappa shape index (κ2) is 6.85. The van der Waals surface area contributed by atoms with Gasteiger partial charge in [-0.2, -0.15) is 0 Å². The first kappa shape index (κ1) is 17.6. The standard InChI is InChI=1S/C22H24N2O4/c25-20(23-8-10-28-11-9-23)17(12-14-4-2-1-3-5-14)24-21(26)18-15-6-7-16(13-15)19(18)22(24)27/h1-7,15-19H,8-13H2/t15-,16-,17+,18-,19+/m0/s1. The molecule has 146 valence electrons. The van der Waals surface area contributed by atoms with Crippen molar-refractivity contribution in [2.24, 2.45) is 23.7 Å². The van der Waals surface area contributed by atoms with Crippen LogP contribution in [0.15, 0.2) is 42.5 Å². The highest BCUT2D eigenvalue weighted by atomic mass is 16.5. The van der Waals surface area contributed by atoms with E-state index in [0.29, 0.717) is 32.7 Å². The second-order valence-corrected chi connectivity index (χ2v) is 8.19. The maximum absolute atomic E-state index is 13.4. The molecule has 0 spiro atoms. The fourth-order valence-corrected chi connectivity index (χ4v) is 5.35. The van der Waals surface area contributed by atoms with Crippen molar-refractivity contribution in [3.8, 4) is 0 Å². The lowest BCUT2D eigenvalue weighted by atomic mass is 9.85. The fraction of sp³-hybridized carbons (Fsp3) is 0.500. The summed E-state index contributed by atoms with van der Waals surface area (Å²) in [7, 11) is 0. The molecule has 1 aromatic rings. The predicted molar refractivity (Wildman–Crippen MR) is 101 cm³/mol. The molecular formula is C22H24N2O4. The zero-order valence-electron chi connectivity index (χ0n) is 15.7. The first-order valence-electron chi connectivity index (χ1n) is 10.1. The SMILES string of the molecule is O=C([C@@H](Cc1ccccc1)N1C(=O)[C@@H]2[C@H](C1=O)[C@H]1C=C[C@H]2C1)N1CCOCC1. The van der Waals surface area contributed by atoms with Crippen LogP contribution in [-0.2, 0) is 25.5 Å². The zero-order chi connectivity index (χ0) is 19.3. The third kappa shape index (κ3) is 2.70. The highest BCUT2D eigenvalue weighted by Crippen LogP contribution is 2.53. The third-order valence-electron chi connectivity index (χ3n) is 6.70. The number of hydrogen-bond donors (Lipinski definition) is 0. The minimum Gasteiger partial charge on any atom is -0.378 e. The lowest BCUT2D eigenvalue weighted by molar-refractivity contribution is -0.154. The van der Waals surface area contributed by atoms with E-state index in [1.54, 1.807) is 4.90 Å². The summed E-state index contributed by atoms with van der Waals surface area (Å²) in [6.07, 6.45) is 5.41. The van der Waals surface area contributed by atoms with Crippen molar-refractivity contribution in [1.29, 1.82) is 0 Å². The highest BCUT2D eigenvalue weighted by Gasteiger charge is 2.61. The summed E-state index contributed by atoms with van der Waals surface area (Å²) in [4.78, 5) is 43.0. The number of fused-ring (bicyclic) bond motifs is 5. The van der Waals surface area contributed by atoms with Crippen LogP contribution in [0.3, 0.4) is 0 Å². The van der Waals surface area contributed by atoms with Gasteiger partial charge in [-0.1, -0.05) is 42.5 Å². The Morgan fingerprint density at radius 1 is 1.00 bits per heavy atom. The summed E-state index contributed by atoms with van der Waals surface area (Å²) in [6, 6.07) is 8.86. The molecule has 0 unspecified atom stereocenters. The number of imide groups is 1. The van der Waals surface area contributed by atoms with E-state index in [1.807, 2.05) is 30.3 Å². The smallest absolute Gasteiger partial charge is 0.246 e. The van der Waals surface area contributed by atoms with Gasteiger partial charge in [-0.05, 0) is 23.8 Å². The van der Waals surface area contributed by atoms with Crippen molar-refractivity contribution in [1.82, 2.24) is 9.80 Å². The molecule has 2 aliphatic carbocycles. The molecule has 2 saturated heterocycles. The van der Waals surface area contributed by atoms with Crippen LogP contribution < -0.4 is 0 Å². The molecule has 6 heteroatoms. The summed E-state index contributed by atoms with van der Waals surface area (Å²) in [6.45, 7) is 1.98. The van der Waals surface area contributed by atoms with Crippen molar-refractivity contribution in [3.63, 3.8) is 0 Å². The van der Waals surface area contributed by atoms with Crippen molar-refractivity contribution >= 4 is 17.7 Å². The highest BCUT2D eigenvalue weighted by molar-refractivity contribution is 6.09. The minimum atomic E-state index is -0.773. The molecule has 2 bridgehead atoms. The molecule has 5 rings (SSSR count). The predicted octanol–water partition coefficient (Wildman–Crippen LogP) is 1.26. The Morgan fingerprint density at radius 2 is 1.61 bits per heavy atom. The number of benzene rings is 1. The van der Waals surface area contributed by atoms with Crippen LogP contribution in [0.2, 0.25) is 0 Å². The van der Waals surface area contributed by atoms with E-state index in [0.717, 1.165) is 12.0 Å². The minimum absolute atomic E-state index is 0.144. The number of likely N-dealkylation sites (tertiary alicyclic amines) is 1. The van der Waals surface area contributed by atoms with Gasteiger partial charge in [0.2, 0.25) is 17.7 Å². The average Bonchev–Trinajstić information content (AvgIpc) is 3.41. The lowest BCUT2D eigenvalue weighted by Gasteiger charge is -2.34. The number of ether oxygens (including phenoxy) is 1. The first-order chi connectivity index (χ1) is 13.6. The molecule has 4 aliphatic rings. The normalized spacial score (nSPS) is 32.1. The molecule has 6 nitrogen and oxygen atoms in total. The van der Waals surface area contributed by atoms with Gasteiger partial charge in [0.15, 0.2) is 0 Å². The van der Waals surface area contributed by atoms with Crippen molar-refractivity contribution in [2.45, 2.75) is 18.9 Å². The summed E-state index contributed by atoms with van der Waals surface area (Å²) >= 11 is 0. The molecule has 1 saturated carbocycles. The van der Waals surface area contributed by atoms with Gasteiger partial charge in [0.25, 0.3) is 0 Å². The number of rotatable bonds is 4. The largest absolute Gasteiger partial charge is 0.378 e. The Hall–Kier alpha value is -2.47. The Morgan fingerprint density at radius 3 is 2.21 bits per heavy atom. The molecule has 2 aliphatic heterocycles. The van der Waals surface area contributed by atoms with Crippen LogP contribution in [0, 0.1) is 23.7 Å². The Bertz CT molecular complexity index is 800. The molecule has 5 atom stereocenters. The molecule has 3 amide bonds. The monoisotopic (exact) mass is 380 g/mol. The van der Waals surface area contributed by atoms with Crippen molar-refractivity contribution in [2.75, 3.05) is 26.3 Å². The maximum Gasteiger partial charge on any atom is 0.246 e. The Balaban J connectivity index is 1.46. The number of morpholine rings is 1. The van der Waals surface area contributed by atoms with Crippen LogP contribution >= 0.6 is 0 Å². The maximum atomic E-state index is 13.4. The quantitative estimate of drug-likeness (QED) is 0.583. The first-order valence-corrected chi connectivity index (χ1v) is 10.1. The molecule has 3 fully saturated rings. The molecular weight excluding hydrogens is 356 g/mol. The van der Waals surface area contributed by atoms with Crippen LogP contribution in [0.5, 0.6) is 0 Å². The van der Waals surface area contributed by atoms with E-state index in [4.69, 9.17) is 4.74 Å². The topological polar surface area (TPSA) is 66.9 Å². The van der Waals surface area contributed by atoms with Gasteiger partial charge in [-0.25, -0.2) is 0 Å². The van der Waals surface area contributed by atoms with Gasteiger partial charge in [0.1, 0.15) is 6.04 Å². The summed E-state index contributed by atoms with van der Waals surface area (Å²) in [5.74, 6) is -0.728. The molecule has 2 heterocycles. The number of hydrogen-bond acceptors (Lipinski definition) is 4. The number of allylic oxidation sites excluding steroid dienone is 2. The van der Waals surface area contributed by atoms with E-state index in [-0.39, 0.29) is 41.4 Å². The van der Waals surface area contributed by atoms with E-state index in [9.17, 15) is 14.4 Å². The lowest BCUT2D eigenvalue weighted by Crippen LogP contribution is -2.55. The van der Waals surface area contributed by atoms with Gasteiger partial charge in [0, 0.05) is 19.5 Å². The van der Waals surface area contributed by atoms with E-state index in [1.165, 1.54) is 4.90 Å². The molecule has 0 radical (unpaired) electrons. The molecule has 28 heavy (non-hydrogen) atoms. The molecule has 1 aromatic carbocycles. The van der Waals surface area contributed by atoms with Crippen molar-refractivity contribution in [3.05, 3.63) is 48.0 Å². The number of nitrogens with zero attached hydrogens (tertiary/aromatic N) is 2. The van der Waals surface area contributed by atoms with E-state index >= 15 is 0 Å². The van der Waals surface area contributed by atoms with Gasteiger partial charge in [-0.3, -0.25) is 19.3 Å². The summed E-state index contributed by atoms with van der Waals surface area (Å²) in [5.41, 5.74) is 0.952. The van der Waals surface area contributed by atoms with E-state index < -0.39 is 6.04 Å². The second-order valence-electron chi connectivity index (χ2n) is 8.19. The van der Waals surface area contributed by atoms with Crippen LogP contribution in [0.4, 0.5) is 0 Å². The number of carbonyl (C=O) groups is 3. The van der Waals surface area contributed by atoms with Crippen LogP contribution in [-0.4, -0.2) is 59.9 Å². The Labute approximate surface area is 164 Å². The van der Waals surface area contributed by atoms with Gasteiger partial charge < -0.3 is 9.64 Å². The summed E-state index contributed by atoms with van der Waals surface area (Å²) in [5, 5.41) is 0. The fourth-order valence-electron chi connectivity index (χ4n) is 5.35. The van der Waals surface area contributed by atoms with Crippen LogP contribution in [0.25, 0.3) is 0 Å². The van der Waals surface area contributed by atoms with Gasteiger partial charge in [-0.15, -0.1) is 0 Å². The van der Waals surface area contributed by atoms with Crippen LogP contribution in [0.1, 0.15) is 12.0 Å².